The van der Waals surface area contributed by atoms with Crippen LogP contribution in [-0.4, -0.2) is 49.8 Å². The van der Waals surface area contributed by atoms with Gasteiger partial charge in [-0.2, -0.15) is 5.01 Å². The van der Waals surface area contributed by atoms with Crippen molar-refractivity contribution in [3.05, 3.63) is 27.7 Å². The van der Waals surface area contributed by atoms with Gasteiger partial charge in [0.25, 0.3) is 5.91 Å². The molecule has 1 aromatic heterocycles. The zero-order chi connectivity index (χ0) is 14.4. The SMILES string of the molecule is O=C(O)c1cn2c(c(O)c1=O)C(=O)N1CCCCN1C2. The summed E-state index contributed by atoms with van der Waals surface area (Å²) < 4.78 is 1.32. The molecule has 8 nitrogen and oxygen atoms in total. The van der Waals surface area contributed by atoms with Gasteiger partial charge in [-0.05, 0) is 12.8 Å². The lowest BCUT2D eigenvalue weighted by Gasteiger charge is -2.42. The Bertz CT molecular complexity index is 666. The largest absolute Gasteiger partial charge is 0.503 e. The number of aromatic hydroxyl groups is 1. The maximum absolute atomic E-state index is 12.3. The van der Waals surface area contributed by atoms with Crippen LogP contribution in [-0.2, 0) is 6.67 Å². The van der Waals surface area contributed by atoms with E-state index in [-0.39, 0.29) is 12.4 Å². The minimum atomic E-state index is -1.42. The number of carboxylic acid groups (broad SMARTS) is 1. The number of carbonyl (C=O) groups is 2. The van der Waals surface area contributed by atoms with E-state index in [9.17, 15) is 19.5 Å². The quantitative estimate of drug-likeness (QED) is 0.730. The Morgan fingerprint density at radius 3 is 2.60 bits per heavy atom. The van der Waals surface area contributed by atoms with Gasteiger partial charge in [-0.15, -0.1) is 0 Å². The molecule has 1 saturated heterocycles. The van der Waals surface area contributed by atoms with Crippen LogP contribution >= 0.6 is 0 Å². The van der Waals surface area contributed by atoms with Gasteiger partial charge in [0.15, 0.2) is 11.4 Å². The van der Waals surface area contributed by atoms with Gasteiger partial charge >= 0.3 is 5.97 Å². The molecule has 0 atom stereocenters. The number of aromatic carboxylic acids is 1. The fraction of sp³-hybridized carbons (Fsp3) is 0.417. The highest BCUT2D eigenvalue weighted by molar-refractivity contribution is 5.97. The van der Waals surface area contributed by atoms with E-state index in [1.54, 1.807) is 5.01 Å². The number of fused-ring (bicyclic) bond motifs is 2. The van der Waals surface area contributed by atoms with E-state index in [4.69, 9.17) is 5.11 Å². The fourth-order valence-corrected chi connectivity index (χ4v) is 2.63. The van der Waals surface area contributed by atoms with Gasteiger partial charge in [-0.3, -0.25) is 14.6 Å². The maximum atomic E-state index is 12.3. The van der Waals surface area contributed by atoms with Crippen molar-refractivity contribution in [2.75, 3.05) is 13.1 Å². The van der Waals surface area contributed by atoms with Crippen LogP contribution in [0.25, 0.3) is 0 Å². The van der Waals surface area contributed by atoms with Crippen molar-refractivity contribution in [2.24, 2.45) is 0 Å². The summed E-state index contributed by atoms with van der Waals surface area (Å²) in [6.45, 7) is 1.46. The number of rotatable bonds is 1. The first-order chi connectivity index (χ1) is 9.50. The predicted molar refractivity (Wildman–Crippen MR) is 66.3 cm³/mol. The Hall–Kier alpha value is -2.35. The zero-order valence-corrected chi connectivity index (χ0v) is 10.6. The van der Waals surface area contributed by atoms with E-state index in [2.05, 4.69) is 0 Å². The monoisotopic (exact) mass is 279 g/mol. The third kappa shape index (κ3) is 1.68. The molecule has 1 aromatic rings. The van der Waals surface area contributed by atoms with Crippen LogP contribution < -0.4 is 5.43 Å². The predicted octanol–water partition coefficient (Wildman–Crippen LogP) is -0.324. The molecule has 2 aliphatic heterocycles. The number of amides is 1. The highest BCUT2D eigenvalue weighted by atomic mass is 16.4. The first-order valence-corrected chi connectivity index (χ1v) is 6.27. The number of carboxylic acids is 1. The topological polar surface area (TPSA) is 103 Å². The minimum absolute atomic E-state index is 0.141. The van der Waals surface area contributed by atoms with Gasteiger partial charge in [0.05, 0.1) is 6.67 Å². The second-order valence-electron chi connectivity index (χ2n) is 4.85. The van der Waals surface area contributed by atoms with Crippen molar-refractivity contribution >= 4 is 11.9 Å². The molecule has 106 valence electrons. The first-order valence-electron chi connectivity index (χ1n) is 6.27. The Balaban J connectivity index is 2.18. The van der Waals surface area contributed by atoms with E-state index < -0.39 is 28.6 Å². The van der Waals surface area contributed by atoms with Gasteiger partial charge < -0.3 is 14.8 Å². The molecule has 2 aliphatic rings. The van der Waals surface area contributed by atoms with Gasteiger partial charge in [-0.1, -0.05) is 0 Å². The van der Waals surface area contributed by atoms with Crippen LogP contribution in [0.2, 0.25) is 0 Å². The summed E-state index contributed by atoms with van der Waals surface area (Å²) in [4.78, 5) is 35.1. The molecule has 3 rings (SSSR count). The molecule has 0 spiro atoms. The smallest absolute Gasteiger partial charge is 0.341 e. The number of nitrogens with zero attached hydrogens (tertiary/aromatic N) is 3. The van der Waals surface area contributed by atoms with E-state index in [0.29, 0.717) is 13.1 Å². The molecule has 0 unspecified atom stereocenters. The average molecular weight is 279 g/mol. The summed E-state index contributed by atoms with van der Waals surface area (Å²) in [7, 11) is 0. The molecule has 0 bridgehead atoms. The maximum Gasteiger partial charge on any atom is 0.341 e. The molecule has 20 heavy (non-hydrogen) atoms. The molecule has 0 aliphatic carbocycles. The van der Waals surface area contributed by atoms with Crippen molar-refractivity contribution in [1.82, 2.24) is 14.6 Å². The fourth-order valence-electron chi connectivity index (χ4n) is 2.63. The standard InChI is InChI=1S/C12H13N3O5/c16-9-7(12(19)20)5-13-6-14-3-1-2-4-15(14)11(18)8(13)10(9)17/h5,17H,1-4,6H2,(H,19,20). The lowest BCUT2D eigenvalue weighted by atomic mass is 10.1. The summed E-state index contributed by atoms with van der Waals surface area (Å²) in [6.07, 6.45) is 2.92. The lowest BCUT2D eigenvalue weighted by Crippen LogP contribution is -2.55. The highest BCUT2D eigenvalue weighted by Crippen LogP contribution is 2.25. The number of pyridine rings is 1. The Labute approximate surface area is 113 Å². The Kier molecular flexibility index (Phi) is 2.75. The van der Waals surface area contributed by atoms with E-state index in [0.717, 1.165) is 19.0 Å². The first kappa shape index (κ1) is 12.7. The van der Waals surface area contributed by atoms with Crippen LogP contribution in [0.1, 0.15) is 33.7 Å². The third-order valence-electron chi connectivity index (χ3n) is 3.62. The van der Waals surface area contributed by atoms with E-state index in [1.165, 1.54) is 9.58 Å². The van der Waals surface area contributed by atoms with Crippen LogP contribution in [0.3, 0.4) is 0 Å². The van der Waals surface area contributed by atoms with Crippen molar-refractivity contribution in [2.45, 2.75) is 19.5 Å². The minimum Gasteiger partial charge on any atom is -0.503 e. The molecular weight excluding hydrogens is 266 g/mol. The summed E-state index contributed by atoms with van der Waals surface area (Å²) in [6, 6.07) is 0. The number of hydrogen-bond acceptors (Lipinski definition) is 5. The molecule has 0 saturated carbocycles. The van der Waals surface area contributed by atoms with Gasteiger partial charge in [-0.25, -0.2) is 4.79 Å². The van der Waals surface area contributed by atoms with E-state index >= 15 is 0 Å². The molecular formula is C12H13N3O5. The summed E-state index contributed by atoms with van der Waals surface area (Å²) in [5.74, 6) is -2.68. The molecule has 3 heterocycles. The molecule has 0 aromatic carbocycles. The van der Waals surface area contributed by atoms with Crippen LogP contribution in [0, 0.1) is 0 Å². The molecule has 1 amide bonds. The number of hydrazine groups is 1. The summed E-state index contributed by atoms with van der Waals surface area (Å²) in [5.41, 5.74) is -1.70. The third-order valence-corrected chi connectivity index (χ3v) is 3.62. The Morgan fingerprint density at radius 1 is 1.20 bits per heavy atom. The van der Waals surface area contributed by atoms with Crippen LogP contribution in [0.4, 0.5) is 0 Å². The van der Waals surface area contributed by atoms with Gasteiger partial charge in [0, 0.05) is 19.3 Å². The second kappa shape index (κ2) is 4.34. The summed E-state index contributed by atoms with van der Waals surface area (Å²) >= 11 is 0. The van der Waals surface area contributed by atoms with Crippen molar-refractivity contribution in [3.63, 3.8) is 0 Å². The van der Waals surface area contributed by atoms with Crippen LogP contribution in [0.15, 0.2) is 11.0 Å². The highest BCUT2D eigenvalue weighted by Gasteiger charge is 2.36. The number of aromatic nitrogens is 1. The van der Waals surface area contributed by atoms with Crippen molar-refractivity contribution in [3.8, 4) is 5.75 Å². The lowest BCUT2D eigenvalue weighted by molar-refractivity contribution is -0.0622. The zero-order valence-electron chi connectivity index (χ0n) is 10.6. The second-order valence-corrected chi connectivity index (χ2v) is 4.85. The van der Waals surface area contributed by atoms with Gasteiger partial charge in [0.1, 0.15) is 5.56 Å². The molecule has 2 N–H and O–H groups in total. The summed E-state index contributed by atoms with van der Waals surface area (Å²) in [5, 5.41) is 22.1. The average Bonchev–Trinajstić information content (AvgIpc) is 2.42. The molecule has 1 fully saturated rings. The molecule has 0 radical (unpaired) electrons. The van der Waals surface area contributed by atoms with Crippen LogP contribution in [0.5, 0.6) is 5.75 Å². The van der Waals surface area contributed by atoms with Crippen molar-refractivity contribution < 1.29 is 19.8 Å². The normalized spacial score (nSPS) is 18.6. The Morgan fingerprint density at radius 2 is 1.90 bits per heavy atom. The molecule has 8 heteroatoms. The van der Waals surface area contributed by atoms with E-state index in [1.807, 2.05) is 0 Å². The van der Waals surface area contributed by atoms with Gasteiger partial charge in [0.2, 0.25) is 5.43 Å². The number of hydrogen-bond donors (Lipinski definition) is 2. The number of carbonyl (C=O) groups excluding carboxylic acids is 1. The van der Waals surface area contributed by atoms with Crippen molar-refractivity contribution in [1.29, 1.82) is 0 Å².